The third-order valence-corrected chi connectivity index (χ3v) is 2.47. The molecule has 1 rings (SSSR count). The number of esters is 1. The third kappa shape index (κ3) is 5.35. The van der Waals surface area contributed by atoms with Crippen molar-refractivity contribution in [2.45, 2.75) is 20.5 Å². The van der Waals surface area contributed by atoms with Crippen molar-refractivity contribution in [2.24, 2.45) is 10.3 Å². The second-order valence-electron chi connectivity index (χ2n) is 4.20. The fraction of sp³-hybridized carbons (Fsp3) is 0.333. The van der Waals surface area contributed by atoms with E-state index in [0.29, 0.717) is 11.1 Å². The van der Waals surface area contributed by atoms with Crippen LogP contribution in [0.3, 0.4) is 0 Å². The molecule has 0 N–H and O–H groups in total. The second-order valence-corrected chi connectivity index (χ2v) is 4.20. The van der Waals surface area contributed by atoms with Crippen LogP contribution in [0.15, 0.2) is 34.6 Å². The summed E-state index contributed by atoms with van der Waals surface area (Å²) in [6.45, 7) is 3.02. The molecule has 1 aromatic carbocycles. The fourth-order valence-electron chi connectivity index (χ4n) is 1.54. The summed E-state index contributed by atoms with van der Waals surface area (Å²) in [5.41, 5.74) is 1.14. The van der Waals surface area contributed by atoms with Gasteiger partial charge in [-0.15, -0.1) is 0 Å². The summed E-state index contributed by atoms with van der Waals surface area (Å²) >= 11 is 0. The summed E-state index contributed by atoms with van der Waals surface area (Å²) in [6.07, 6.45) is 1.51. The van der Waals surface area contributed by atoms with Crippen LogP contribution < -0.4 is 0 Å². The summed E-state index contributed by atoms with van der Waals surface area (Å²) in [5, 5.41) is 7.38. The van der Waals surface area contributed by atoms with Crippen LogP contribution in [0.2, 0.25) is 0 Å². The Hall–Kier alpha value is -2.70. The highest BCUT2D eigenvalue weighted by Gasteiger charge is 2.19. The summed E-state index contributed by atoms with van der Waals surface area (Å²) in [5.74, 6) is -0.878. The molecule has 0 saturated carbocycles. The first kappa shape index (κ1) is 17.4. The molecule has 0 amide bonds. The first-order valence-corrected chi connectivity index (χ1v) is 6.56. The predicted octanol–water partition coefficient (Wildman–Crippen LogP) is 1.69. The average Bonchev–Trinajstić information content (AvgIpc) is 2.51. The number of nitrogens with zero attached hydrogens (tertiary/aromatic N) is 2. The van der Waals surface area contributed by atoms with E-state index in [9.17, 15) is 9.59 Å². The lowest BCUT2D eigenvalue weighted by Crippen LogP contribution is -2.20. The SMILES string of the molecule is C/C=N\OCc1ccccc1/C(=N\OCC(C)=O)C(=O)OC. The van der Waals surface area contributed by atoms with Gasteiger partial charge in [-0.2, -0.15) is 0 Å². The topological polar surface area (TPSA) is 86.6 Å². The molecule has 0 aliphatic heterocycles. The fourth-order valence-corrected chi connectivity index (χ4v) is 1.54. The van der Waals surface area contributed by atoms with Gasteiger partial charge in [-0.1, -0.05) is 34.6 Å². The molecule has 0 saturated heterocycles. The van der Waals surface area contributed by atoms with Crippen LogP contribution in [-0.4, -0.2) is 37.4 Å². The summed E-state index contributed by atoms with van der Waals surface area (Å²) in [6, 6.07) is 6.99. The molecule has 7 heteroatoms. The van der Waals surface area contributed by atoms with Crippen LogP contribution in [0.5, 0.6) is 0 Å². The molecule has 0 radical (unpaired) electrons. The molecular formula is C15H18N2O5. The van der Waals surface area contributed by atoms with Gasteiger partial charge in [0.2, 0.25) is 0 Å². The molecule has 0 aromatic heterocycles. The van der Waals surface area contributed by atoms with E-state index in [0.717, 1.165) is 0 Å². The van der Waals surface area contributed by atoms with Crippen LogP contribution in [0.4, 0.5) is 0 Å². The molecule has 0 heterocycles. The highest BCUT2D eigenvalue weighted by atomic mass is 16.6. The first-order chi connectivity index (χ1) is 10.6. The third-order valence-electron chi connectivity index (χ3n) is 2.47. The van der Waals surface area contributed by atoms with E-state index in [-0.39, 0.29) is 24.7 Å². The Morgan fingerprint density at radius 1 is 1.23 bits per heavy atom. The molecular weight excluding hydrogens is 288 g/mol. The number of oxime groups is 2. The number of ketones is 1. The van der Waals surface area contributed by atoms with Crippen molar-refractivity contribution >= 4 is 23.7 Å². The van der Waals surface area contributed by atoms with Gasteiger partial charge in [-0.25, -0.2) is 4.79 Å². The molecule has 1 aromatic rings. The lowest BCUT2D eigenvalue weighted by atomic mass is 10.0. The highest BCUT2D eigenvalue weighted by Crippen LogP contribution is 2.13. The quantitative estimate of drug-likeness (QED) is 0.414. The molecule has 118 valence electrons. The molecule has 0 spiro atoms. The van der Waals surface area contributed by atoms with Crippen LogP contribution in [-0.2, 0) is 30.6 Å². The van der Waals surface area contributed by atoms with Gasteiger partial charge in [0, 0.05) is 17.3 Å². The zero-order chi connectivity index (χ0) is 16.4. The summed E-state index contributed by atoms with van der Waals surface area (Å²) < 4.78 is 4.70. The van der Waals surface area contributed by atoms with Crippen LogP contribution in [0, 0.1) is 0 Å². The number of rotatable bonds is 8. The van der Waals surface area contributed by atoms with Crippen molar-refractivity contribution in [2.75, 3.05) is 13.7 Å². The minimum Gasteiger partial charge on any atom is -0.464 e. The van der Waals surface area contributed by atoms with E-state index in [1.165, 1.54) is 20.2 Å². The van der Waals surface area contributed by atoms with E-state index in [1.807, 2.05) is 0 Å². The number of carbonyl (C=O) groups excluding carboxylic acids is 2. The van der Waals surface area contributed by atoms with Gasteiger partial charge in [0.15, 0.2) is 18.1 Å². The minimum atomic E-state index is -0.671. The zero-order valence-corrected chi connectivity index (χ0v) is 12.7. The Balaban J connectivity index is 3.08. The largest absolute Gasteiger partial charge is 0.464 e. The number of hydrogen-bond donors (Lipinski definition) is 0. The number of methoxy groups -OCH3 is 1. The summed E-state index contributed by atoms with van der Waals surface area (Å²) in [4.78, 5) is 32.7. The molecule has 22 heavy (non-hydrogen) atoms. The van der Waals surface area contributed by atoms with Crippen molar-refractivity contribution < 1.29 is 24.0 Å². The van der Waals surface area contributed by atoms with Crippen LogP contribution >= 0.6 is 0 Å². The predicted molar refractivity (Wildman–Crippen MR) is 80.6 cm³/mol. The maximum atomic E-state index is 11.9. The van der Waals surface area contributed by atoms with Crippen molar-refractivity contribution in [1.29, 1.82) is 0 Å². The smallest absolute Gasteiger partial charge is 0.360 e. The number of ether oxygens (including phenoxy) is 1. The first-order valence-electron chi connectivity index (χ1n) is 6.56. The van der Waals surface area contributed by atoms with Crippen molar-refractivity contribution in [3.05, 3.63) is 35.4 Å². The molecule has 0 bridgehead atoms. The lowest BCUT2D eigenvalue weighted by Gasteiger charge is -2.09. The van der Waals surface area contributed by atoms with Crippen molar-refractivity contribution in [3.63, 3.8) is 0 Å². The van der Waals surface area contributed by atoms with Gasteiger partial charge < -0.3 is 14.4 Å². The molecule has 0 fully saturated rings. The molecule has 0 aliphatic carbocycles. The Labute approximate surface area is 128 Å². The van der Waals surface area contributed by atoms with Gasteiger partial charge in [0.1, 0.15) is 6.61 Å². The van der Waals surface area contributed by atoms with E-state index in [4.69, 9.17) is 14.4 Å². The second kappa shape index (κ2) is 9.28. The van der Waals surface area contributed by atoms with Crippen molar-refractivity contribution in [3.8, 4) is 0 Å². The van der Waals surface area contributed by atoms with E-state index < -0.39 is 5.97 Å². The van der Waals surface area contributed by atoms with Crippen molar-refractivity contribution in [1.82, 2.24) is 0 Å². The number of Topliss-reactive ketones (excluding diaryl/α,β-unsaturated/α-hetero) is 1. The van der Waals surface area contributed by atoms with Crippen LogP contribution in [0.25, 0.3) is 0 Å². The van der Waals surface area contributed by atoms with Gasteiger partial charge in [0.05, 0.1) is 7.11 Å². The summed E-state index contributed by atoms with van der Waals surface area (Å²) in [7, 11) is 1.24. The maximum Gasteiger partial charge on any atom is 0.360 e. The number of carbonyl (C=O) groups is 2. The maximum absolute atomic E-state index is 11.9. The van der Waals surface area contributed by atoms with Gasteiger partial charge >= 0.3 is 5.97 Å². The zero-order valence-electron chi connectivity index (χ0n) is 12.7. The highest BCUT2D eigenvalue weighted by molar-refractivity contribution is 6.43. The Morgan fingerprint density at radius 3 is 2.59 bits per heavy atom. The Morgan fingerprint density at radius 2 is 1.95 bits per heavy atom. The van der Waals surface area contributed by atoms with Gasteiger partial charge in [0.25, 0.3) is 0 Å². The Kier molecular flexibility index (Phi) is 7.32. The lowest BCUT2D eigenvalue weighted by molar-refractivity contribution is -0.133. The molecule has 0 atom stereocenters. The van der Waals surface area contributed by atoms with Crippen LogP contribution in [0.1, 0.15) is 25.0 Å². The normalized spacial score (nSPS) is 11.3. The van der Waals surface area contributed by atoms with E-state index in [2.05, 4.69) is 10.3 Å². The number of benzene rings is 1. The Bertz CT molecular complexity index is 581. The molecule has 0 aliphatic rings. The van der Waals surface area contributed by atoms with Gasteiger partial charge in [-0.3, -0.25) is 4.79 Å². The molecule has 7 nitrogen and oxygen atoms in total. The standard InChI is InChI=1S/C15H18N2O5/c1-4-16-21-10-12-7-5-6-8-13(12)14(15(19)20-3)17-22-9-11(2)18/h4-8H,9-10H2,1-3H3/b16-4-,17-14+. The van der Waals surface area contributed by atoms with Gasteiger partial charge in [-0.05, 0) is 13.8 Å². The minimum absolute atomic E-state index is 0.0385. The molecule has 0 unspecified atom stereocenters. The van der Waals surface area contributed by atoms with E-state index in [1.54, 1.807) is 31.2 Å². The average molecular weight is 306 g/mol. The number of hydrogen-bond acceptors (Lipinski definition) is 7. The van der Waals surface area contributed by atoms with E-state index >= 15 is 0 Å². The monoisotopic (exact) mass is 306 g/mol.